The Labute approximate surface area is 218 Å². The van der Waals surface area contributed by atoms with Crippen LogP contribution in [0.5, 0.6) is 0 Å². The third kappa shape index (κ3) is 10.6. The Kier molecular flexibility index (Phi) is 18.0. The van der Waals surface area contributed by atoms with Crippen molar-refractivity contribution in [3.63, 3.8) is 0 Å². The molecule has 2 amide bonds. The second kappa shape index (κ2) is 19.1. The van der Waals surface area contributed by atoms with Crippen LogP contribution in [0.4, 0.5) is 5.69 Å². The lowest BCUT2D eigenvalue weighted by molar-refractivity contribution is -0.125. The van der Waals surface area contributed by atoms with Gasteiger partial charge >= 0.3 is 0 Å². The van der Waals surface area contributed by atoms with Crippen LogP contribution in [0.1, 0.15) is 47.4 Å². The van der Waals surface area contributed by atoms with E-state index >= 15 is 0 Å². The molecular weight excluding hydrogens is 486 g/mol. The Morgan fingerprint density at radius 3 is 2.31 bits per heavy atom. The van der Waals surface area contributed by atoms with Crippen molar-refractivity contribution in [1.29, 1.82) is 0 Å². The van der Waals surface area contributed by atoms with Crippen molar-refractivity contribution in [1.82, 2.24) is 15.1 Å². The van der Waals surface area contributed by atoms with Gasteiger partial charge in [-0.1, -0.05) is 13.8 Å². The van der Waals surface area contributed by atoms with Crippen molar-refractivity contribution in [3.05, 3.63) is 29.3 Å². The first-order valence-electron chi connectivity index (χ1n) is 11.7. The van der Waals surface area contributed by atoms with Crippen molar-refractivity contribution < 1.29 is 19.2 Å². The normalized spacial score (nSPS) is 13.9. The minimum Gasteiger partial charge on any atom is -0.369 e. The second-order valence-electron chi connectivity index (χ2n) is 7.48. The van der Waals surface area contributed by atoms with Crippen LogP contribution in [0, 0.1) is 0 Å². The first kappa shape index (κ1) is 32.9. The fourth-order valence-electron chi connectivity index (χ4n) is 3.67. The number of likely N-dealkylation sites (N-methyl/N-ethyl adjacent to an activating group) is 2. The summed E-state index contributed by atoms with van der Waals surface area (Å²) < 4.78 is 0. The molecule has 0 bridgehead atoms. The van der Waals surface area contributed by atoms with Crippen molar-refractivity contribution in [2.45, 2.75) is 32.7 Å². The molecule has 11 heteroatoms. The number of carbonyl (C=O) groups excluding carboxylic acids is 4. The third-order valence-electron chi connectivity index (χ3n) is 5.47. The van der Waals surface area contributed by atoms with E-state index in [-0.39, 0.29) is 29.9 Å². The Balaban J connectivity index is 0.00000214. The van der Waals surface area contributed by atoms with Crippen LogP contribution in [-0.2, 0) is 9.59 Å². The number of carbonyl (C=O) groups is 4. The molecule has 1 fully saturated rings. The molecule has 1 atom stereocenters. The van der Waals surface area contributed by atoms with E-state index in [1.54, 1.807) is 12.1 Å². The minimum absolute atomic E-state index is 0.156. The molecule has 1 heterocycles. The molecule has 198 valence electrons. The van der Waals surface area contributed by atoms with Gasteiger partial charge in [-0.25, -0.2) is 0 Å². The van der Waals surface area contributed by atoms with E-state index in [2.05, 4.69) is 26.8 Å². The molecule has 0 saturated carbocycles. The maximum atomic E-state index is 13.2. The molecule has 2 rings (SSSR count). The number of anilines is 1. The van der Waals surface area contributed by atoms with Gasteiger partial charge in [0.05, 0.1) is 5.56 Å². The number of piperazine rings is 1. The predicted octanol–water partition coefficient (Wildman–Crippen LogP) is 1.97. The maximum absolute atomic E-state index is 13.2. The van der Waals surface area contributed by atoms with Crippen molar-refractivity contribution in [2.75, 3.05) is 64.5 Å². The first-order valence-corrected chi connectivity index (χ1v) is 14.0. The Bertz CT molecular complexity index is 789. The lowest BCUT2D eigenvalue weighted by Crippen LogP contribution is -2.48. The zero-order valence-electron chi connectivity index (χ0n) is 21.5. The van der Waals surface area contributed by atoms with Crippen LogP contribution < -0.4 is 16.0 Å². The van der Waals surface area contributed by atoms with Crippen molar-refractivity contribution in [2.24, 2.45) is 5.73 Å². The molecule has 1 aromatic rings. The Morgan fingerprint density at radius 1 is 1.23 bits per heavy atom. The number of thiol groups is 1. The number of aldehydes is 2. The molecule has 9 nitrogen and oxygen atoms in total. The quantitative estimate of drug-likeness (QED) is 0.240. The summed E-state index contributed by atoms with van der Waals surface area (Å²) in [5, 5.41) is 2.53. The highest BCUT2D eigenvalue weighted by Crippen LogP contribution is 2.22. The van der Waals surface area contributed by atoms with E-state index in [1.807, 2.05) is 26.2 Å². The highest BCUT2D eigenvalue weighted by molar-refractivity contribution is 8.68. The van der Waals surface area contributed by atoms with Crippen LogP contribution in [0.25, 0.3) is 0 Å². The molecule has 0 spiro atoms. The van der Waals surface area contributed by atoms with Crippen LogP contribution in [0.2, 0.25) is 0 Å². The zero-order chi connectivity index (χ0) is 26.8. The smallest absolute Gasteiger partial charge is 0.255 e. The van der Waals surface area contributed by atoms with Gasteiger partial charge in [0.2, 0.25) is 5.91 Å². The average Bonchev–Trinajstić information content (AvgIpc) is 2.90. The molecule has 0 aromatic heterocycles. The lowest BCUT2D eigenvalue weighted by atomic mass is 10.0. The highest BCUT2D eigenvalue weighted by Gasteiger charge is 2.28. The van der Waals surface area contributed by atoms with Gasteiger partial charge in [-0.2, -0.15) is 0 Å². The van der Waals surface area contributed by atoms with Crippen LogP contribution >= 0.6 is 22.5 Å². The van der Waals surface area contributed by atoms with Gasteiger partial charge in [0.1, 0.15) is 12.3 Å². The fraction of sp³-hybridized carbons (Fsp3) is 0.583. The number of hydrogen-bond donors (Lipinski definition) is 3. The summed E-state index contributed by atoms with van der Waals surface area (Å²) in [5.41, 5.74) is 6.99. The minimum atomic E-state index is -0.796. The van der Waals surface area contributed by atoms with Crippen LogP contribution in [0.3, 0.4) is 0 Å². The van der Waals surface area contributed by atoms with E-state index < -0.39 is 11.9 Å². The average molecular weight is 528 g/mol. The Morgan fingerprint density at radius 2 is 1.83 bits per heavy atom. The summed E-state index contributed by atoms with van der Waals surface area (Å²) in [6.45, 7) is 8.82. The topological polar surface area (TPSA) is 116 Å². The molecule has 0 aliphatic carbocycles. The molecule has 0 radical (unpaired) electrons. The molecule has 1 aliphatic heterocycles. The monoisotopic (exact) mass is 527 g/mol. The summed E-state index contributed by atoms with van der Waals surface area (Å²) in [6, 6.07) is 4.38. The molecule has 1 saturated heterocycles. The molecule has 1 aromatic carbocycles. The number of nitrogens with one attached hydrogen (secondary N) is 1. The number of benzene rings is 1. The first-order chi connectivity index (χ1) is 16.9. The van der Waals surface area contributed by atoms with Crippen LogP contribution in [0.15, 0.2) is 18.2 Å². The summed E-state index contributed by atoms with van der Waals surface area (Å²) >= 11 is 3.71. The second-order valence-corrected chi connectivity index (χ2v) is 8.94. The summed E-state index contributed by atoms with van der Waals surface area (Å²) in [4.78, 5) is 53.5. The number of rotatable bonds is 10. The van der Waals surface area contributed by atoms with Gasteiger partial charge in [-0.05, 0) is 30.9 Å². The molecular formula is C24H41N5O4S2. The molecule has 1 unspecified atom stereocenters. The third-order valence-corrected chi connectivity index (χ3v) is 5.47. The van der Waals surface area contributed by atoms with Gasteiger partial charge < -0.3 is 25.6 Å². The number of nitrogens with zero attached hydrogens (tertiary/aromatic N) is 3. The van der Waals surface area contributed by atoms with E-state index in [0.717, 1.165) is 44.7 Å². The highest BCUT2D eigenvalue weighted by atomic mass is 33.1. The van der Waals surface area contributed by atoms with E-state index in [1.165, 1.54) is 29.8 Å². The zero-order valence-corrected chi connectivity index (χ0v) is 23.2. The fourth-order valence-corrected chi connectivity index (χ4v) is 3.67. The van der Waals surface area contributed by atoms with Gasteiger partial charge in [0.25, 0.3) is 5.91 Å². The summed E-state index contributed by atoms with van der Waals surface area (Å²) in [7, 11) is 4.44. The molecule has 1 aliphatic rings. The SMILES string of the molecule is CC.CNC(=O)C(CCC=O)N(C)C(=O)c1cc(N2CCN(CCN)CC2)ccc1C=O.CSS. The number of hydrogen-bond acceptors (Lipinski definition) is 9. The van der Waals surface area contributed by atoms with E-state index in [4.69, 9.17) is 5.73 Å². The summed E-state index contributed by atoms with van der Waals surface area (Å²) in [5.74, 6) is -0.784. The number of amides is 2. The van der Waals surface area contributed by atoms with Gasteiger partial charge in [-0.15, -0.1) is 22.5 Å². The van der Waals surface area contributed by atoms with Gasteiger partial charge in [0.15, 0.2) is 6.29 Å². The van der Waals surface area contributed by atoms with E-state index in [9.17, 15) is 19.2 Å². The largest absolute Gasteiger partial charge is 0.369 e. The molecule has 3 N–H and O–H groups in total. The summed E-state index contributed by atoms with van der Waals surface area (Å²) in [6.07, 6.45) is 3.64. The van der Waals surface area contributed by atoms with Gasteiger partial charge in [0, 0.05) is 71.0 Å². The standard InChI is InChI=1S/C21H31N5O4.C2H6.CH4S2/c1-23-20(29)19(4-3-13-27)24(2)21(30)18-14-17(6-5-16(18)15-28)26-11-9-25(8-7-22)10-12-26;1-2;1-3-2/h5-6,13-15,19H,3-4,7-12,22H2,1-2H3,(H,23,29);1-2H3;2H,1H3. The van der Waals surface area contributed by atoms with Crippen molar-refractivity contribution in [3.8, 4) is 0 Å². The lowest BCUT2D eigenvalue weighted by Gasteiger charge is -2.36. The van der Waals surface area contributed by atoms with Crippen molar-refractivity contribution >= 4 is 52.5 Å². The maximum Gasteiger partial charge on any atom is 0.255 e. The predicted molar refractivity (Wildman–Crippen MR) is 149 cm³/mol. The van der Waals surface area contributed by atoms with E-state index in [0.29, 0.717) is 12.8 Å². The molecule has 35 heavy (non-hydrogen) atoms. The Hall–Kier alpha value is -2.08. The number of nitrogens with two attached hydrogens (primary N) is 1. The van der Waals surface area contributed by atoms with Gasteiger partial charge in [-0.3, -0.25) is 19.3 Å². The van der Waals surface area contributed by atoms with Crippen LogP contribution in [-0.4, -0.2) is 99.8 Å².